The van der Waals surface area contributed by atoms with Gasteiger partial charge in [-0.25, -0.2) is 4.98 Å². The van der Waals surface area contributed by atoms with E-state index in [0.29, 0.717) is 17.1 Å². The third kappa shape index (κ3) is 2.26. The zero-order chi connectivity index (χ0) is 14.4. The van der Waals surface area contributed by atoms with Crippen LogP contribution in [-0.2, 0) is 4.74 Å². The zero-order valence-electron chi connectivity index (χ0n) is 11.3. The lowest BCUT2D eigenvalue weighted by molar-refractivity contribution is -0.382. The Balaban J connectivity index is 1.69. The molecule has 1 N–H and O–H groups in total. The number of nitrogens with zero attached hydrogens (tertiary/aromatic N) is 2. The van der Waals surface area contributed by atoms with Crippen LogP contribution in [0.3, 0.4) is 0 Å². The largest absolute Gasteiger partial charge is 0.376 e. The van der Waals surface area contributed by atoms with Crippen LogP contribution in [0.5, 0.6) is 0 Å². The molecule has 1 saturated carbocycles. The average Bonchev–Trinajstić information content (AvgIpc) is 3.01. The van der Waals surface area contributed by atoms with Crippen molar-refractivity contribution in [3.8, 4) is 0 Å². The maximum atomic E-state index is 11.4. The van der Waals surface area contributed by atoms with Crippen LogP contribution in [0, 0.1) is 16.0 Å². The summed E-state index contributed by atoms with van der Waals surface area (Å²) in [6, 6.07) is 3.85. The summed E-state index contributed by atoms with van der Waals surface area (Å²) >= 11 is 1.42. The maximum Gasteiger partial charge on any atom is 0.319 e. The topological polar surface area (TPSA) is 77.3 Å². The lowest BCUT2D eigenvalue weighted by Gasteiger charge is -2.20. The molecule has 4 rings (SSSR count). The van der Waals surface area contributed by atoms with Crippen LogP contribution in [-0.4, -0.2) is 28.7 Å². The van der Waals surface area contributed by atoms with Gasteiger partial charge in [0.1, 0.15) is 5.69 Å². The van der Waals surface area contributed by atoms with E-state index in [2.05, 4.69) is 10.3 Å². The number of anilines is 1. The van der Waals surface area contributed by atoms with Gasteiger partial charge in [0.15, 0.2) is 5.52 Å². The number of aromatic nitrogens is 1. The number of rotatable bonds is 4. The van der Waals surface area contributed by atoms with Crippen LogP contribution in [0.15, 0.2) is 17.6 Å². The summed E-state index contributed by atoms with van der Waals surface area (Å²) in [5.74, 6) is 0.618. The third-order valence-electron chi connectivity index (χ3n) is 4.22. The summed E-state index contributed by atoms with van der Waals surface area (Å²) in [5, 5.41) is 14.8. The molecular weight excluding hydrogens is 290 g/mol. The number of nitrogens with one attached hydrogen (secondary N) is 1. The molecule has 2 aliphatic rings. The molecule has 6 nitrogen and oxygen atoms in total. The molecule has 2 atom stereocenters. The van der Waals surface area contributed by atoms with Gasteiger partial charge in [-0.15, -0.1) is 11.3 Å². The van der Waals surface area contributed by atoms with Gasteiger partial charge in [-0.2, -0.15) is 0 Å². The number of nitro benzene ring substituents is 1. The maximum absolute atomic E-state index is 11.4. The highest BCUT2D eigenvalue weighted by molar-refractivity contribution is 7.16. The average molecular weight is 305 g/mol. The molecule has 2 heterocycles. The third-order valence-corrected chi connectivity index (χ3v) is 5.02. The molecule has 1 aliphatic carbocycles. The lowest BCUT2D eigenvalue weighted by atomic mass is 10.1. The molecule has 1 aromatic heterocycles. The summed E-state index contributed by atoms with van der Waals surface area (Å²) in [5.41, 5.74) is 2.75. The summed E-state index contributed by atoms with van der Waals surface area (Å²) in [6.07, 6.45) is 3.50. The van der Waals surface area contributed by atoms with Crippen molar-refractivity contribution in [2.24, 2.45) is 5.92 Å². The first kappa shape index (κ1) is 13.0. The predicted octanol–water partition coefficient (Wildman–Crippen LogP) is 3.18. The molecule has 0 bridgehead atoms. The van der Waals surface area contributed by atoms with Gasteiger partial charge in [0.05, 0.1) is 27.3 Å². The molecule has 1 aliphatic heterocycles. The van der Waals surface area contributed by atoms with Crippen molar-refractivity contribution in [3.05, 3.63) is 27.8 Å². The molecule has 0 radical (unpaired) electrons. The van der Waals surface area contributed by atoms with Crippen LogP contribution >= 0.6 is 11.3 Å². The van der Waals surface area contributed by atoms with Crippen molar-refractivity contribution in [2.75, 3.05) is 11.9 Å². The van der Waals surface area contributed by atoms with Crippen LogP contribution in [0.4, 0.5) is 11.4 Å². The van der Waals surface area contributed by atoms with Gasteiger partial charge >= 0.3 is 5.69 Å². The fraction of sp³-hybridized carbons (Fsp3) is 0.500. The van der Waals surface area contributed by atoms with E-state index in [1.165, 1.54) is 24.2 Å². The fourth-order valence-electron chi connectivity index (χ4n) is 3.07. The van der Waals surface area contributed by atoms with Crippen LogP contribution in [0.25, 0.3) is 10.2 Å². The van der Waals surface area contributed by atoms with Gasteiger partial charge in [-0.05, 0) is 37.3 Å². The number of benzene rings is 1. The Hall–Kier alpha value is -1.73. The van der Waals surface area contributed by atoms with Gasteiger partial charge in [-0.1, -0.05) is 0 Å². The van der Waals surface area contributed by atoms with Gasteiger partial charge in [0.2, 0.25) is 0 Å². The summed E-state index contributed by atoms with van der Waals surface area (Å²) in [4.78, 5) is 15.2. The fourth-order valence-corrected chi connectivity index (χ4v) is 3.75. The molecule has 1 saturated heterocycles. The molecule has 2 fully saturated rings. The highest BCUT2D eigenvalue weighted by atomic mass is 32.1. The van der Waals surface area contributed by atoms with Gasteiger partial charge in [-0.3, -0.25) is 10.1 Å². The number of hydrogen-bond donors (Lipinski definition) is 1. The molecule has 2 unspecified atom stereocenters. The molecule has 110 valence electrons. The minimum absolute atomic E-state index is 0.0789. The Bertz CT molecular complexity index is 698. The Morgan fingerprint density at radius 3 is 3.00 bits per heavy atom. The number of nitro groups is 1. The van der Waals surface area contributed by atoms with Crippen LogP contribution < -0.4 is 5.32 Å². The smallest absolute Gasteiger partial charge is 0.319 e. The van der Waals surface area contributed by atoms with E-state index in [4.69, 9.17) is 4.74 Å². The van der Waals surface area contributed by atoms with E-state index in [9.17, 15) is 10.1 Å². The Morgan fingerprint density at radius 1 is 1.38 bits per heavy atom. The molecule has 21 heavy (non-hydrogen) atoms. The van der Waals surface area contributed by atoms with E-state index in [1.807, 2.05) is 6.07 Å². The van der Waals surface area contributed by atoms with Crippen LogP contribution in [0.1, 0.15) is 19.3 Å². The number of ether oxygens (including phenoxy) is 1. The highest BCUT2D eigenvalue weighted by Gasteiger charge is 2.41. The summed E-state index contributed by atoms with van der Waals surface area (Å²) in [6.45, 7) is 0.728. The van der Waals surface area contributed by atoms with E-state index in [-0.39, 0.29) is 22.8 Å². The second kappa shape index (κ2) is 4.92. The van der Waals surface area contributed by atoms with Crippen molar-refractivity contribution in [2.45, 2.75) is 31.4 Å². The molecule has 1 aromatic carbocycles. The first-order valence-corrected chi connectivity index (χ1v) is 8.01. The molecule has 0 spiro atoms. The minimum Gasteiger partial charge on any atom is -0.376 e. The van der Waals surface area contributed by atoms with Crippen molar-refractivity contribution < 1.29 is 9.66 Å². The van der Waals surface area contributed by atoms with Crippen molar-refractivity contribution >= 4 is 32.9 Å². The Morgan fingerprint density at radius 2 is 2.24 bits per heavy atom. The normalized spacial score (nSPS) is 25.3. The monoisotopic (exact) mass is 305 g/mol. The Kier molecular flexibility index (Phi) is 3.04. The van der Waals surface area contributed by atoms with Crippen molar-refractivity contribution in [1.29, 1.82) is 0 Å². The van der Waals surface area contributed by atoms with E-state index < -0.39 is 0 Å². The van der Waals surface area contributed by atoms with E-state index in [0.717, 1.165) is 17.7 Å². The second-order valence-corrected chi connectivity index (χ2v) is 6.52. The quantitative estimate of drug-likeness (QED) is 0.693. The molecule has 0 amide bonds. The zero-order valence-corrected chi connectivity index (χ0v) is 12.1. The van der Waals surface area contributed by atoms with E-state index >= 15 is 0 Å². The first-order chi connectivity index (χ1) is 10.2. The second-order valence-electron chi connectivity index (χ2n) is 5.63. The SMILES string of the molecule is O=[N+]([O-])c1c(NC2CCOC2C2CC2)ccc2scnc12. The number of fused-ring (bicyclic) bond motifs is 1. The summed E-state index contributed by atoms with van der Waals surface area (Å²) in [7, 11) is 0. The lowest BCUT2D eigenvalue weighted by Crippen LogP contribution is -2.31. The number of hydrogen-bond acceptors (Lipinski definition) is 6. The predicted molar refractivity (Wildman–Crippen MR) is 80.8 cm³/mol. The standard InChI is InChI=1S/C14H15N3O3S/c18-17(19)13-9(3-4-11-12(13)15-7-21-11)16-10-5-6-20-14(10)8-1-2-8/h3-4,7-8,10,14,16H,1-2,5-6H2. The molecule has 7 heteroatoms. The van der Waals surface area contributed by atoms with Crippen molar-refractivity contribution in [1.82, 2.24) is 4.98 Å². The minimum atomic E-state index is -0.341. The van der Waals surface area contributed by atoms with Gasteiger partial charge in [0, 0.05) is 6.61 Å². The molecule has 2 aromatic rings. The first-order valence-electron chi connectivity index (χ1n) is 7.13. The van der Waals surface area contributed by atoms with E-state index in [1.54, 1.807) is 11.6 Å². The van der Waals surface area contributed by atoms with Gasteiger partial charge < -0.3 is 10.1 Å². The highest BCUT2D eigenvalue weighted by Crippen LogP contribution is 2.41. The van der Waals surface area contributed by atoms with Crippen molar-refractivity contribution in [3.63, 3.8) is 0 Å². The van der Waals surface area contributed by atoms with Gasteiger partial charge in [0.25, 0.3) is 0 Å². The summed E-state index contributed by atoms with van der Waals surface area (Å²) < 4.78 is 6.63. The van der Waals surface area contributed by atoms with Crippen LogP contribution in [0.2, 0.25) is 0 Å². The molecular formula is C14H15N3O3S. The number of thiazole rings is 1. The Labute approximate surface area is 125 Å².